The van der Waals surface area contributed by atoms with Gasteiger partial charge in [-0.1, -0.05) is 22.0 Å². The molecule has 2 aromatic carbocycles. The Balaban J connectivity index is 1.61. The number of halogens is 1. The van der Waals surface area contributed by atoms with Crippen LogP contribution in [0.25, 0.3) is 0 Å². The Bertz CT molecular complexity index is 642. The van der Waals surface area contributed by atoms with E-state index in [-0.39, 0.29) is 6.79 Å². The number of hydrogen-bond acceptors (Lipinski definition) is 4. The lowest BCUT2D eigenvalue weighted by molar-refractivity contribution is 0.106. The molecule has 4 nitrogen and oxygen atoms in total. The minimum Gasteiger partial charge on any atom is -0.497 e. The number of rotatable bonds is 5. The lowest BCUT2D eigenvalue weighted by atomic mass is 10.2. The Kier molecular flexibility index (Phi) is 4.31. The summed E-state index contributed by atoms with van der Waals surface area (Å²) in [5, 5.41) is 0. The molecule has 0 N–H and O–H groups in total. The van der Waals surface area contributed by atoms with Gasteiger partial charge in [-0.2, -0.15) is 0 Å². The smallest absolute Gasteiger partial charge is 0.231 e. The van der Waals surface area contributed by atoms with Gasteiger partial charge in [-0.3, -0.25) is 0 Å². The van der Waals surface area contributed by atoms with E-state index in [1.807, 2.05) is 36.4 Å². The summed E-state index contributed by atoms with van der Waals surface area (Å²) in [6.45, 7) is 1.31. The maximum absolute atomic E-state index is 5.76. The molecule has 0 amide bonds. The molecule has 1 aliphatic rings. The first kappa shape index (κ1) is 14.2. The molecule has 5 heteroatoms. The van der Waals surface area contributed by atoms with Gasteiger partial charge in [0.25, 0.3) is 0 Å². The van der Waals surface area contributed by atoms with Crippen molar-refractivity contribution in [2.45, 2.75) is 13.2 Å². The van der Waals surface area contributed by atoms with Crippen LogP contribution in [0.15, 0.2) is 40.9 Å². The molecule has 1 aliphatic heterocycles. The van der Waals surface area contributed by atoms with Crippen molar-refractivity contribution in [2.24, 2.45) is 0 Å². The molecule has 0 aliphatic carbocycles. The zero-order valence-electron chi connectivity index (χ0n) is 11.6. The molecule has 110 valence electrons. The Hall–Kier alpha value is -1.72. The summed E-state index contributed by atoms with van der Waals surface area (Å²) in [5.41, 5.74) is 2.10. The number of benzene rings is 2. The van der Waals surface area contributed by atoms with E-state index in [0.29, 0.717) is 13.2 Å². The molecular weight excluding hydrogens is 336 g/mol. The van der Waals surface area contributed by atoms with Crippen molar-refractivity contribution in [1.29, 1.82) is 0 Å². The van der Waals surface area contributed by atoms with Gasteiger partial charge in [0.1, 0.15) is 5.75 Å². The van der Waals surface area contributed by atoms with Crippen LogP contribution in [0.2, 0.25) is 0 Å². The van der Waals surface area contributed by atoms with Crippen molar-refractivity contribution in [3.05, 3.63) is 52.0 Å². The van der Waals surface area contributed by atoms with Crippen LogP contribution in [0.1, 0.15) is 11.1 Å². The SMILES string of the molecule is COc1ccc(Br)c(COCc2ccc3c(c2)OCO3)c1. The second-order valence-electron chi connectivity index (χ2n) is 4.64. The Morgan fingerprint density at radius 1 is 1.05 bits per heavy atom. The quantitative estimate of drug-likeness (QED) is 0.819. The standard InChI is InChI=1S/C16H15BrO4/c1-18-13-3-4-14(17)12(7-13)9-19-8-11-2-5-15-16(6-11)21-10-20-15/h2-7H,8-10H2,1H3. The zero-order valence-corrected chi connectivity index (χ0v) is 13.2. The molecule has 0 atom stereocenters. The average molecular weight is 351 g/mol. The number of fused-ring (bicyclic) bond motifs is 1. The highest BCUT2D eigenvalue weighted by atomic mass is 79.9. The Labute approximate surface area is 131 Å². The number of hydrogen-bond donors (Lipinski definition) is 0. The summed E-state index contributed by atoms with van der Waals surface area (Å²) in [4.78, 5) is 0. The highest BCUT2D eigenvalue weighted by Crippen LogP contribution is 2.32. The summed E-state index contributed by atoms with van der Waals surface area (Å²) in [6.07, 6.45) is 0. The van der Waals surface area contributed by atoms with Gasteiger partial charge >= 0.3 is 0 Å². The van der Waals surface area contributed by atoms with Crippen molar-refractivity contribution in [3.63, 3.8) is 0 Å². The summed E-state index contributed by atoms with van der Waals surface area (Å²) in [6, 6.07) is 11.7. The van der Waals surface area contributed by atoms with Crippen molar-refractivity contribution < 1.29 is 18.9 Å². The van der Waals surface area contributed by atoms with Crippen LogP contribution in [0.3, 0.4) is 0 Å². The third-order valence-corrected chi connectivity index (χ3v) is 3.99. The minimum absolute atomic E-state index is 0.288. The molecule has 1 heterocycles. The predicted octanol–water partition coefficient (Wildman–Crippen LogP) is 3.90. The second kappa shape index (κ2) is 6.37. The lowest BCUT2D eigenvalue weighted by Gasteiger charge is -2.09. The van der Waals surface area contributed by atoms with Crippen molar-refractivity contribution >= 4 is 15.9 Å². The molecule has 0 fully saturated rings. The van der Waals surface area contributed by atoms with Gasteiger partial charge < -0.3 is 18.9 Å². The molecule has 3 rings (SSSR count). The molecule has 0 saturated heterocycles. The third kappa shape index (κ3) is 3.31. The van der Waals surface area contributed by atoms with Crippen LogP contribution >= 0.6 is 15.9 Å². The lowest BCUT2D eigenvalue weighted by Crippen LogP contribution is -1.96. The minimum atomic E-state index is 0.288. The van der Waals surface area contributed by atoms with Crippen LogP contribution < -0.4 is 14.2 Å². The van der Waals surface area contributed by atoms with E-state index in [4.69, 9.17) is 18.9 Å². The highest BCUT2D eigenvalue weighted by molar-refractivity contribution is 9.10. The molecule has 0 radical (unpaired) electrons. The Morgan fingerprint density at radius 2 is 1.90 bits per heavy atom. The summed E-state index contributed by atoms with van der Waals surface area (Å²) < 4.78 is 22.6. The number of ether oxygens (including phenoxy) is 4. The van der Waals surface area contributed by atoms with Gasteiger partial charge in [-0.25, -0.2) is 0 Å². The summed E-state index contributed by atoms with van der Waals surface area (Å²) >= 11 is 3.51. The van der Waals surface area contributed by atoms with Gasteiger partial charge in [0.05, 0.1) is 20.3 Å². The van der Waals surface area contributed by atoms with E-state index in [9.17, 15) is 0 Å². The molecule has 21 heavy (non-hydrogen) atoms. The molecule has 2 aromatic rings. The molecule has 0 unspecified atom stereocenters. The summed E-state index contributed by atoms with van der Waals surface area (Å²) in [5.74, 6) is 2.38. The van der Waals surface area contributed by atoms with E-state index in [1.165, 1.54) is 0 Å². The first-order valence-electron chi connectivity index (χ1n) is 6.55. The highest BCUT2D eigenvalue weighted by Gasteiger charge is 2.13. The first-order chi connectivity index (χ1) is 10.3. The maximum atomic E-state index is 5.76. The fraction of sp³-hybridized carbons (Fsp3) is 0.250. The molecule has 0 spiro atoms. The zero-order chi connectivity index (χ0) is 14.7. The van der Waals surface area contributed by atoms with E-state index >= 15 is 0 Å². The van der Waals surface area contributed by atoms with Crippen molar-refractivity contribution in [1.82, 2.24) is 0 Å². The maximum Gasteiger partial charge on any atom is 0.231 e. The van der Waals surface area contributed by atoms with Gasteiger partial charge in [0.2, 0.25) is 6.79 Å². The van der Waals surface area contributed by atoms with Crippen LogP contribution in [0, 0.1) is 0 Å². The molecule has 0 aromatic heterocycles. The van der Waals surface area contributed by atoms with Crippen LogP contribution in [-0.4, -0.2) is 13.9 Å². The van der Waals surface area contributed by atoms with Crippen LogP contribution in [0.4, 0.5) is 0 Å². The van der Waals surface area contributed by atoms with E-state index in [1.54, 1.807) is 7.11 Å². The van der Waals surface area contributed by atoms with Crippen LogP contribution in [-0.2, 0) is 18.0 Å². The number of methoxy groups -OCH3 is 1. The van der Waals surface area contributed by atoms with Gasteiger partial charge in [0.15, 0.2) is 11.5 Å². The normalized spacial score (nSPS) is 12.5. The topological polar surface area (TPSA) is 36.9 Å². The van der Waals surface area contributed by atoms with Gasteiger partial charge in [0, 0.05) is 4.47 Å². The first-order valence-corrected chi connectivity index (χ1v) is 7.34. The van der Waals surface area contributed by atoms with E-state index in [2.05, 4.69) is 15.9 Å². The molecule has 0 bridgehead atoms. The molecular formula is C16H15BrO4. The van der Waals surface area contributed by atoms with Crippen molar-refractivity contribution in [3.8, 4) is 17.2 Å². The molecule has 0 saturated carbocycles. The van der Waals surface area contributed by atoms with Gasteiger partial charge in [-0.05, 0) is 41.5 Å². The fourth-order valence-corrected chi connectivity index (χ4v) is 2.46. The second-order valence-corrected chi connectivity index (χ2v) is 5.49. The Morgan fingerprint density at radius 3 is 2.76 bits per heavy atom. The largest absolute Gasteiger partial charge is 0.497 e. The van der Waals surface area contributed by atoms with Crippen LogP contribution in [0.5, 0.6) is 17.2 Å². The third-order valence-electron chi connectivity index (χ3n) is 3.22. The monoisotopic (exact) mass is 350 g/mol. The van der Waals surface area contributed by atoms with E-state index in [0.717, 1.165) is 32.8 Å². The predicted molar refractivity (Wildman–Crippen MR) is 81.8 cm³/mol. The average Bonchev–Trinajstić information content (AvgIpc) is 2.97. The van der Waals surface area contributed by atoms with Crippen molar-refractivity contribution in [2.75, 3.05) is 13.9 Å². The van der Waals surface area contributed by atoms with Gasteiger partial charge in [-0.15, -0.1) is 0 Å². The van der Waals surface area contributed by atoms with E-state index < -0.39 is 0 Å². The fourth-order valence-electron chi connectivity index (χ4n) is 2.10. The summed E-state index contributed by atoms with van der Waals surface area (Å²) in [7, 11) is 1.65.